The minimum absolute atomic E-state index is 0.128. The molecule has 0 bridgehead atoms. The maximum Gasteiger partial charge on any atom is 0.259 e. The average Bonchev–Trinajstić information content (AvgIpc) is 3.31. The molecule has 144 valence electrons. The number of halogens is 1. The second-order valence-electron chi connectivity index (χ2n) is 7.03. The third-order valence-corrected chi connectivity index (χ3v) is 5.22. The number of nitrogens with zero attached hydrogens (tertiary/aromatic N) is 1. The molecular formula is C22H21FN2O3. The third-order valence-electron chi connectivity index (χ3n) is 5.22. The first-order valence-electron chi connectivity index (χ1n) is 9.31. The first-order valence-corrected chi connectivity index (χ1v) is 9.31. The number of rotatable bonds is 5. The number of amides is 2. The molecule has 2 amide bonds. The van der Waals surface area contributed by atoms with Crippen molar-refractivity contribution in [1.82, 2.24) is 10.2 Å². The predicted octanol–water partition coefficient (Wildman–Crippen LogP) is 3.29. The molecule has 2 aromatic carbocycles. The van der Waals surface area contributed by atoms with Gasteiger partial charge in [0.25, 0.3) is 5.91 Å². The van der Waals surface area contributed by atoms with Crippen LogP contribution in [0.15, 0.2) is 55.1 Å². The van der Waals surface area contributed by atoms with Crippen molar-refractivity contribution in [3.63, 3.8) is 0 Å². The van der Waals surface area contributed by atoms with Gasteiger partial charge in [0.2, 0.25) is 5.91 Å². The standard InChI is InChI=1S/C22H21FN2O3/c1-14-17-5-2-3-6-18(17)22(27)25(14)13-20(26)24-21(19-7-4-12-28-19)15-8-10-16(23)11-9-15/h2-3,5-6,8-11,19,21H,1,4,7,12-13H2,(H,24,26). The highest BCUT2D eigenvalue weighted by atomic mass is 19.1. The lowest BCUT2D eigenvalue weighted by atomic mass is 9.99. The molecule has 2 aromatic rings. The Bertz CT molecular complexity index is 885. The number of benzene rings is 2. The molecule has 0 spiro atoms. The molecule has 28 heavy (non-hydrogen) atoms. The Morgan fingerprint density at radius 3 is 2.57 bits per heavy atom. The molecule has 1 fully saturated rings. The maximum atomic E-state index is 13.3. The van der Waals surface area contributed by atoms with E-state index in [-0.39, 0.29) is 30.3 Å². The van der Waals surface area contributed by atoms with Crippen LogP contribution in [0.1, 0.15) is 40.4 Å². The number of hydrogen-bond donors (Lipinski definition) is 1. The lowest BCUT2D eigenvalue weighted by Gasteiger charge is -2.26. The summed E-state index contributed by atoms with van der Waals surface area (Å²) in [6.07, 6.45) is 1.54. The molecule has 1 saturated heterocycles. The van der Waals surface area contributed by atoms with Crippen molar-refractivity contribution in [3.05, 3.63) is 77.6 Å². The van der Waals surface area contributed by atoms with Gasteiger partial charge in [-0.2, -0.15) is 0 Å². The van der Waals surface area contributed by atoms with Crippen molar-refractivity contribution in [1.29, 1.82) is 0 Å². The molecule has 0 saturated carbocycles. The van der Waals surface area contributed by atoms with Crippen LogP contribution in [-0.2, 0) is 9.53 Å². The second kappa shape index (κ2) is 7.56. The Morgan fingerprint density at radius 1 is 1.21 bits per heavy atom. The van der Waals surface area contributed by atoms with Gasteiger partial charge in [0, 0.05) is 23.4 Å². The van der Waals surface area contributed by atoms with E-state index in [1.54, 1.807) is 24.3 Å². The van der Waals surface area contributed by atoms with E-state index >= 15 is 0 Å². The highest BCUT2D eigenvalue weighted by Gasteiger charge is 2.34. The van der Waals surface area contributed by atoms with Crippen LogP contribution in [0.2, 0.25) is 0 Å². The Balaban J connectivity index is 1.50. The molecule has 0 radical (unpaired) electrons. The first-order chi connectivity index (χ1) is 13.5. The van der Waals surface area contributed by atoms with E-state index in [1.807, 2.05) is 12.1 Å². The Kier molecular flexibility index (Phi) is 4.96. The van der Waals surface area contributed by atoms with E-state index in [4.69, 9.17) is 4.74 Å². The molecule has 0 aromatic heterocycles. The molecule has 2 unspecified atom stereocenters. The van der Waals surface area contributed by atoms with Crippen LogP contribution in [-0.4, -0.2) is 36.0 Å². The molecule has 5 nitrogen and oxygen atoms in total. The first kappa shape index (κ1) is 18.4. The zero-order chi connectivity index (χ0) is 19.7. The van der Waals surface area contributed by atoms with E-state index < -0.39 is 6.04 Å². The van der Waals surface area contributed by atoms with Gasteiger partial charge in [0.05, 0.1) is 12.1 Å². The minimum atomic E-state index is -0.399. The number of fused-ring (bicyclic) bond motifs is 1. The van der Waals surface area contributed by atoms with Crippen LogP contribution in [0.5, 0.6) is 0 Å². The predicted molar refractivity (Wildman–Crippen MR) is 103 cm³/mol. The SMILES string of the molecule is C=C1c2ccccc2C(=O)N1CC(=O)NC(c1ccc(F)cc1)C1CCCO1. The molecule has 2 atom stereocenters. The van der Waals surface area contributed by atoms with Crippen LogP contribution < -0.4 is 5.32 Å². The largest absolute Gasteiger partial charge is 0.376 e. The van der Waals surface area contributed by atoms with Crippen molar-refractivity contribution in [2.75, 3.05) is 13.2 Å². The van der Waals surface area contributed by atoms with Gasteiger partial charge in [-0.25, -0.2) is 4.39 Å². The number of carbonyl (C=O) groups is 2. The van der Waals surface area contributed by atoms with Crippen molar-refractivity contribution >= 4 is 17.5 Å². The zero-order valence-corrected chi connectivity index (χ0v) is 15.4. The topological polar surface area (TPSA) is 58.6 Å². The summed E-state index contributed by atoms with van der Waals surface area (Å²) in [6, 6.07) is 12.8. The molecule has 0 aliphatic carbocycles. The van der Waals surface area contributed by atoms with Gasteiger partial charge in [-0.05, 0) is 36.6 Å². The number of nitrogens with one attached hydrogen (secondary N) is 1. The van der Waals surface area contributed by atoms with Gasteiger partial charge in [-0.15, -0.1) is 0 Å². The van der Waals surface area contributed by atoms with Gasteiger partial charge < -0.3 is 10.1 Å². The van der Waals surface area contributed by atoms with E-state index in [0.29, 0.717) is 17.9 Å². The van der Waals surface area contributed by atoms with Gasteiger partial charge in [0.1, 0.15) is 12.4 Å². The zero-order valence-electron chi connectivity index (χ0n) is 15.4. The average molecular weight is 380 g/mol. The van der Waals surface area contributed by atoms with Crippen molar-refractivity contribution < 1.29 is 18.7 Å². The Labute approximate surface area is 162 Å². The summed E-state index contributed by atoms with van der Waals surface area (Å²) in [5.74, 6) is -0.878. The fourth-order valence-electron chi connectivity index (χ4n) is 3.79. The summed E-state index contributed by atoms with van der Waals surface area (Å²) in [7, 11) is 0. The summed E-state index contributed by atoms with van der Waals surface area (Å²) < 4.78 is 19.1. The minimum Gasteiger partial charge on any atom is -0.376 e. The van der Waals surface area contributed by atoms with E-state index in [9.17, 15) is 14.0 Å². The monoisotopic (exact) mass is 380 g/mol. The molecular weight excluding hydrogens is 359 g/mol. The van der Waals surface area contributed by atoms with Gasteiger partial charge in [-0.1, -0.05) is 36.9 Å². The summed E-state index contributed by atoms with van der Waals surface area (Å²) >= 11 is 0. The highest BCUT2D eigenvalue weighted by molar-refractivity contribution is 6.10. The van der Waals surface area contributed by atoms with Gasteiger partial charge in [0.15, 0.2) is 0 Å². The van der Waals surface area contributed by atoms with Crippen LogP contribution in [0, 0.1) is 5.82 Å². The number of ether oxygens (including phenoxy) is 1. The van der Waals surface area contributed by atoms with Crippen molar-refractivity contribution in [3.8, 4) is 0 Å². The third kappa shape index (κ3) is 3.43. The van der Waals surface area contributed by atoms with Crippen LogP contribution in [0.25, 0.3) is 5.70 Å². The van der Waals surface area contributed by atoms with Crippen LogP contribution in [0.3, 0.4) is 0 Å². The molecule has 2 aliphatic heterocycles. The highest BCUT2D eigenvalue weighted by Crippen LogP contribution is 2.31. The normalized spacial score (nSPS) is 19.6. The fourth-order valence-corrected chi connectivity index (χ4v) is 3.79. The lowest BCUT2D eigenvalue weighted by molar-refractivity contribution is -0.123. The summed E-state index contributed by atoms with van der Waals surface area (Å²) in [5.41, 5.74) is 2.59. The second-order valence-corrected chi connectivity index (χ2v) is 7.03. The molecule has 1 N–H and O–H groups in total. The van der Waals surface area contributed by atoms with E-state index in [1.165, 1.54) is 17.0 Å². The quantitative estimate of drug-likeness (QED) is 0.866. The molecule has 2 aliphatic rings. The molecule has 2 heterocycles. The van der Waals surface area contributed by atoms with Gasteiger partial charge >= 0.3 is 0 Å². The van der Waals surface area contributed by atoms with Crippen molar-refractivity contribution in [2.45, 2.75) is 25.0 Å². The Morgan fingerprint density at radius 2 is 1.93 bits per heavy atom. The molecule has 6 heteroatoms. The van der Waals surface area contributed by atoms with Crippen LogP contribution >= 0.6 is 0 Å². The summed E-state index contributed by atoms with van der Waals surface area (Å²) in [6.45, 7) is 4.47. The fraction of sp³-hybridized carbons (Fsp3) is 0.273. The maximum absolute atomic E-state index is 13.3. The Hall–Kier alpha value is -2.99. The lowest BCUT2D eigenvalue weighted by Crippen LogP contribution is -2.42. The van der Waals surface area contributed by atoms with E-state index in [0.717, 1.165) is 24.0 Å². The number of hydrogen-bond acceptors (Lipinski definition) is 3. The van der Waals surface area contributed by atoms with Gasteiger partial charge in [-0.3, -0.25) is 14.5 Å². The van der Waals surface area contributed by atoms with E-state index in [2.05, 4.69) is 11.9 Å². The molecule has 4 rings (SSSR count). The smallest absolute Gasteiger partial charge is 0.259 e. The van der Waals surface area contributed by atoms with Crippen molar-refractivity contribution in [2.24, 2.45) is 0 Å². The van der Waals surface area contributed by atoms with Crippen LogP contribution in [0.4, 0.5) is 4.39 Å². The summed E-state index contributed by atoms with van der Waals surface area (Å²) in [5, 5.41) is 2.97. The number of carbonyl (C=O) groups excluding carboxylic acids is 2. The summed E-state index contributed by atoms with van der Waals surface area (Å²) in [4.78, 5) is 26.8.